The highest BCUT2D eigenvalue weighted by Gasteiger charge is 2.23. The molecule has 1 aliphatic heterocycles. The van der Waals surface area contributed by atoms with E-state index in [-0.39, 0.29) is 12.9 Å². The van der Waals surface area contributed by atoms with Gasteiger partial charge in [0.15, 0.2) is 11.5 Å². The lowest BCUT2D eigenvalue weighted by Crippen LogP contribution is -2.27. The first-order chi connectivity index (χ1) is 9.35. The minimum atomic E-state index is -0.531. The number of benzene rings is 1. The Morgan fingerprint density at radius 2 is 1.85 bits per heavy atom. The average Bonchev–Trinajstić information content (AvgIpc) is 2.85. The van der Waals surface area contributed by atoms with Gasteiger partial charge < -0.3 is 14.2 Å². The Kier molecular flexibility index (Phi) is 2.67. The molecule has 0 radical (unpaired) electrons. The highest BCUT2D eigenvalue weighted by molar-refractivity contribution is 5.93. The zero-order valence-corrected chi connectivity index (χ0v) is 12.0. The van der Waals surface area contributed by atoms with Gasteiger partial charge in [0.25, 0.3) is 0 Å². The van der Waals surface area contributed by atoms with E-state index in [2.05, 4.69) is 0 Å². The molecule has 0 amide bonds. The van der Waals surface area contributed by atoms with Crippen molar-refractivity contribution in [3.8, 4) is 11.5 Å². The summed E-state index contributed by atoms with van der Waals surface area (Å²) in [6.45, 7) is 7.63. The number of aromatic nitrogens is 1. The predicted octanol–water partition coefficient (Wildman–Crippen LogP) is 3.46. The summed E-state index contributed by atoms with van der Waals surface area (Å²) in [5.41, 5.74) is 1.05. The number of hydrogen-bond donors (Lipinski definition) is 0. The smallest absolute Gasteiger partial charge is 0.419 e. The molecule has 106 valence electrons. The van der Waals surface area contributed by atoms with E-state index in [0.717, 1.165) is 16.6 Å². The topological polar surface area (TPSA) is 49.7 Å². The molecule has 1 aromatic heterocycles. The fourth-order valence-electron chi connectivity index (χ4n) is 2.29. The van der Waals surface area contributed by atoms with Crippen LogP contribution in [-0.4, -0.2) is 23.1 Å². The summed E-state index contributed by atoms with van der Waals surface area (Å²) >= 11 is 0. The van der Waals surface area contributed by atoms with Gasteiger partial charge in [-0.1, -0.05) is 0 Å². The summed E-state index contributed by atoms with van der Waals surface area (Å²) in [4.78, 5) is 12.3. The van der Waals surface area contributed by atoms with Gasteiger partial charge in [0.2, 0.25) is 6.79 Å². The normalized spacial score (nSPS) is 13.8. The van der Waals surface area contributed by atoms with Crippen molar-refractivity contribution >= 4 is 17.0 Å². The Bertz CT molecular complexity index is 694. The Labute approximate surface area is 117 Å². The van der Waals surface area contributed by atoms with Crippen LogP contribution >= 0.6 is 0 Å². The van der Waals surface area contributed by atoms with Crippen LogP contribution in [0.25, 0.3) is 10.9 Å². The molecule has 0 spiro atoms. The Balaban J connectivity index is 2.11. The van der Waals surface area contributed by atoms with Crippen molar-refractivity contribution in [2.75, 3.05) is 6.79 Å². The van der Waals surface area contributed by atoms with Crippen LogP contribution < -0.4 is 9.47 Å². The first-order valence-electron chi connectivity index (χ1n) is 6.50. The summed E-state index contributed by atoms with van der Waals surface area (Å²) in [5, 5.41) is 0.928. The molecule has 0 fully saturated rings. The molecule has 2 heterocycles. The summed E-state index contributed by atoms with van der Waals surface area (Å²) in [7, 11) is 0. The average molecular weight is 275 g/mol. The van der Waals surface area contributed by atoms with Gasteiger partial charge in [0.1, 0.15) is 5.60 Å². The Hall–Kier alpha value is -2.17. The van der Waals surface area contributed by atoms with E-state index < -0.39 is 5.60 Å². The van der Waals surface area contributed by atoms with Gasteiger partial charge in [0, 0.05) is 17.1 Å². The third kappa shape index (κ3) is 2.09. The second-order valence-electron chi connectivity index (χ2n) is 5.87. The number of carbonyl (C=O) groups excluding carboxylic acids is 1. The second-order valence-corrected chi connectivity index (χ2v) is 5.87. The van der Waals surface area contributed by atoms with Crippen LogP contribution in [0, 0.1) is 6.92 Å². The molecule has 0 saturated heterocycles. The molecule has 0 bridgehead atoms. The van der Waals surface area contributed by atoms with Crippen LogP contribution in [-0.2, 0) is 4.74 Å². The lowest BCUT2D eigenvalue weighted by molar-refractivity contribution is 0.0541. The molecule has 0 N–H and O–H groups in total. The quantitative estimate of drug-likeness (QED) is 0.738. The Morgan fingerprint density at radius 3 is 2.50 bits per heavy atom. The van der Waals surface area contributed by atoms with E-state index in [0.29, 0.717) is 11.5 Å². The predicted molar refractivity (Wildman–Crippen MR) is 74.4 cm³/mol. The molecule has 20 heavy (non-hydrogen) atoms. The molecule has 1 aliphatic rings. The number of ether oxygens (including phenoxy) is 3. The van der Waals surface area contributed by atoms with E-state index >= 15 is 0 Å². The van der Waals surface area contributed by atoms with Gasteiger partial charge in [0.05, 0.1) is 5.52 Å². The monoisotopic (exact) mass is 275 g/mol. The molecule has 2 aromatic rings. The maximum absolute atomic E-state index is 12.3. The summed E-state index contributed by atoms with van der Waals surface area (Å²) < 4.78 is 17.7. The molecule has 5 heteroatoms. The number of fused-ring (bicyclic) bond motifs is 2. The van der Waals surface area contributed by atoms with Crippen molar-refractivity contribution in [2.24, 2.45) is 0 Å². The van der Waals surface area contributed by atoms with Crippen LogP contribution in [0.3, 0.4) is 0 Å². The largest absolute Gasteiger partial charge is 0.454 e. The van der Waals surface area contributed by atoms with Crippen LogP contribution in [0.15, 0.2) is 18.2 Å². The van der Waals surface area contributed by atoms with Gasteiger partial charge in [-0.25, -0.2) is 9.36 Å². The van der Waals surface area contributed by atoms with Gasteiger partial charge in [-0.05, 0) is 39.8 Å². The first-order valence-corrected chi connectivity index (χ1v) is 6.50. The SMILES string of the molecule is Cc1cc2cc3c(cc2n1C(=O)OC(C)(C)C)OCO3. The minimum absolute atomic E-state index is 0.216. The minimum Gasteiger partial charge on any atom is -0.454 e. The number of aryl methyl sites for hydroxylation is 1. The fraction of sp³-hybridized carbons (Fsp3) is 0.400. The molecule has 0 unspecified atom stereocenters. The van der Waals surface area contributed by atoms with Crippen molar-refractivity contribution in [1.29, 1.82) is 0 Å². The molecule has 0 saturated carbocycles. The van der Waals surface area contributed by atoms with Crippen molar-refractivity contribution < 1.29 is 19.0 Å². The molecule has 0 aliphatic carbocycles. The van der Waals surface area contributed by atoms with E-state index in [1.165, 1.54) is 0 Å². The Morgan fingerprint density at radius 1 is 1.20 bits per heavy atom. The van der Waals surface area contributed by atoms with Crippen LogP contribution in [0.5, 0.6) is 11.5 Å². The van der Waals surface area contributed by atoms with Gasteiger partial charge in [-0.3, -0.25) is 0 Å². The maximum Gasteiger partial charge on any atom is 0.419 e. The van der Waals surface area contributed by atoms with Crippen molar-refractivity contribution in [2.45, 2.75) is 33.3 Å². The standard InChI is InChI=1S/C15H17NO4/c1-9-5-10-6-12-13(19-8-18-12)7-11(10)16(9)14(17)20-15(2,3)4/h5-7H,8H2,1-4H3. The van der Waals surface area contributed by atoms with E-state index in [9.17, 15) is 4.79 Å². The molecule has 0 atom stereocenters. The lowest BCUT2D eigenvalue weighted by Gasteiger charge is -2.20. The maximum atomic E-state index is 12.3. The number of rotatable bonds is 0. The van der Waals surface area contributed by atoms with Crippen LogP contribution in [0.4, 0.5) is 4.79 Å². The zero-order valence-electron chi connectivity index (χ0n) is 12.0. The lowest BCUT2D eigenvalue weighted by atomic mass is 10.2. The zero-order chi connectivity index (χ0) is 14.5. The molecule has 5 nitrogen and oxygen atoms in total. The van der Waals surface area contributed by atoms with E-state index in [1.807, 2.05) is 45.9 Å². The highest BCUT2D eigenvalue weighted by Crippen LogP contribution is 2.37. The third-order valence-electron chi connectivity index (χ3n) is 3.06. The highest BCUT2D eigenvalue weighted by atomic mass is 16.7. The van der Waals surface area contributed by atoms with Gasteiger partial charge in [-0.15, -0.1) is 0 Å². The number of carbonyl (C=O) groups is 1. The second kappa shape index (κ2) is 4.16. The van der Waals surface area contributed by atoms with E-state index in [1.54, 1.807) is 4.57 Å². The van der Waals surface area contributed by atoms with Crippen LogP contribution in [0.1, 0.15) is 26.5 Å². The molecule has 3 rings (SSSR count). The van der Waals surface area contributed by atoms with Crippen LogP contribution in [0.2, 0.25) is 0 Å². The number of nitrogens with zero attached hydrogens (tertiary/aromatic N) is 1. The van der Waals surface area contributed by atoms with Crippen molar-refractivity contribution in [3.05, 3.63) is 23.9 Å². The fourth-order valence-corrected chi connectivity index (χ4v) is 2.29. The first kappa shape index (κ1) is 12.8. The van der Waals surface area contributed by atoms with Gasteiger partial charge in [-0.2, -0.15) is 0 Å². The molecular formula is C15H17NO4. The van der Waals surface area contributed by atoms with Gasteiger partial charge >= 0.3 is 6.09 Å². The van der Waals surface area contributed by atoms with E-state index in [4.69, 9.17) is 14.2 Å². The summed E-state index contributed by atoms with van der Waals surface area (Å²) in [5.74, 6) is 1.36. The summed E-state index contributed by atoms with van der Waals surface area (Å²) in [6.07, 6.45) is -0.385. The molecule has 1 aromatic carbocycles. The summed E-state index contributed by atoms with van der Waals surface area (Å²) in [6, 6.07) is 5.63. The number of hydrogen-bond acceptors (Lipinski definition) is 4. The van der Waals surface area contributed by atoms with Crippen molar-refractivity contribution in [1.82, 2.24) is 4.57 Å². The molecular weight excluding hydrogens is 258 g/mol. The third-order valence-corrected chi connectivity index (χ3v) is 3.06. The van der Waals surface area contributed by atoms with Crippen molar-refractivity contribution in [3.63, 3.8) is 0 Å².